The number of ether oxygens (including phenoxy) is 1. The van der Waals surface area contributed by atoms with Crippen LogP contribution >= 0.6 is 22.6 Å². The Kier molecular flexibility index (Phi) is 3.50. The summed E-state index contributed by atoms with van der Waals surface area (Å²) in [4.78, 5) is 4.59. The van der Waals surface area contributed by atoms with Crippen molar-refractivity contribution in [1.82, 2.24) is 0 Å². The molecule has 0 saturated carbocycles. The Balaban J connectivity index is 1.89. The Morgan fingerprint density at radius 1 is 1.11 bits per heavy atom. The highest BCUT2D eigenvalue weighted by Gasteiger charge is 2.22. The third kappa shape index (κ3) is 2.63. The number of aliphatic imine (C=N–C) groups is 1. The van der Waals surface area contributed by atoms with E-state index in [0.29, 0.717) is 12.5 Å². The van der Waals surface area contributed by atoms with Crippen molar-refractivity contribution in [3.8, 4) is 0 Å². The van der Waals surface area contributed by atoms with Crippen LogP contribution in [0.1, 0.15) is 17.2 Å². The highest BCUT2D eigenvalue weighted by Crippen LogP contribution is 2.26. The predicted molar refractivity (Wildman–Crippen MR) is 80.8 cm³/mol. The van der Waals surface area contributed by atoms with E-state index in [1.54, 1.807) is 12.1 Å². The van der Waals surface area contributed by atoms with E-state index in [4.69, 9.17) is 4.74 Å². The molecule has 3 rings (SSSR count). The van der Waals surface area contributed by atoms with E-state index in [9.17, 15) is 4.39 Å². The summed E-state index contributed by atoms with van der Waals surface area (Å²) in [5.41, 5.74) is 1.98. The van der Waals surface area contributed by atoms with Crippen molar-refractivity contribution in [3.63, 3.8) is 0 Å². The zero-order valence-corrected chi connectivity index (χ0v) is 12.2. The van der Waals surface area contributed by atoms with Crippen LogP contribution in [0.25, 0.3) is 0 Å². The summed E-state index contributed by atoms with van der Waals surface area (Å²) >= 11 is 2.27. The van der Waals surface area contributed by atoms with Crippen LogP contribution in [-0.2, 0) is 4.74 Å². The molecule has 0 amide bonds. The van der Waals surface area contributed by atoms with E-state index in [1.807, 2.05) is 24.3 Å². The molecule has 0 spiro atoms. The van der Waals surface area contributed by atoms with Crippen LogP contribution in [0.4, 0.5) is 4.39 Å². The van der Waals surface area contributed by atoms with Gasteiger partial charge in [-0.25, -0.2) is 9.38 Å². The molecule has 96 valence electrons. The minimum Gasteiger partial charge on any atom is -0.475 e. The first-order valence-electron chi connectivity index (χ1n) is 5.95. The van der Waals surface area contributed by atoms with Gasteiger partial charge in [0.25, 0.3) is 0 Å². The number of nitrogens with zero attached hydrogens (tertiary/aromatic N) is 1. The summed E-state index contributed by atoms with van der Waals surface area (Å²) in [7, 11) is 0. The van der Waals surface area contributed by atoms with Crippen LogP contribution in [0, 0.1) is 9.39 Å². The van der Waals surface area contributed by atoms with Crippen LogP contribution in [0.3, 0.4) is 0 Å². The second-order valence-corrected chi connectivity index (χ2v) is 5.45. The molecule has 1 aliphatic heterocycles. The molecule has 1 heterocycles. The fraction of sp³-hybridized carbons (Fsp3) is 0.133. The van der Waals surface area contributed by atoms with Gasteiger partial charge in [-0.05, 0) is 52.4 Å². The maximum Gasteiger partial charge on any atom is 0.217 e. The van der Waals surface area contributed by atoms with Gasteiger partial charge in [0.15, 0.2) is 0 Å². The molecule has 19 heavy (non-hydrogen) atoms. The van der Waals surface area contributed by atoms with Crippen molar-refractivity contribution < 1.29 is 9.13 Å². The number of halogens is 2. The average molecular weight is 367 g/mol. The van der Waals surface area contributed by atoms with Crippen molar-refractivity contribution in [1.29, 1.82) is 0 Å². The lowest BCUT2D eigenvalue weighted by molar-refractivity contribution is 0.319. The zero-order valence-electron chi connectivity index (χ0n) is 10.0. The number of hydrogen-bond acceptors (Lipinski definition) is 2. The first-order chi connectivity index (χ1) is 9.24. The smallest absolute Gasteiger partial charge is 0.217 e. The van der Waals surface area contributed by atoms with Gasteiger partial charge in [0, 0.05) is 9.13 Å². The molecule has 0 aliphatic carbocycles. The predicted octanol–water partition coefficient (Wildman–Crippen LogP) is 3.95. The molecule has 2 aromatic carbocycles. The zero-order chi connectivity index (χ0) is 13.2. The number of benzene rings is 2. The molecule has 1 atom stereocenters. The van der Waals surface area contributed by atoms with Crippen LogP contribution < -0.4 is 0 Å². The van der Waals surface area contributed by atoms with E-state index in [-0.39, 0.29) is 11.9 Å². The van der Waals surface area contributed by atoms with Gasteiger partial charge in [0.05, 0.1) is 0 Å². The van der Waals surface area contributed by atoms with E-state index in [0.717, 1.165) is 14.7 Å². The van der Waals surface area contributed by atoms with Gasteiger partial charge in [-0.3, -0.25) is 0 Å². The maximum atomic E-state index is 12.9. The summed E-state index contributed by atoms with van der Waals surface area (Å²) in [6.07, 6.45) is 0. The van der Waals surface area contributed by atoms with Crippen LogP contribution in [0.15, 0.2) is 53.5 Å². The monoisotopic (exact) mass is 367 g/mol. The van der Waals surface area contributed by atoms with Gasteiger partial charge in [0.2, 0.25) is 5.90 Å². The van der Waals surface area contributed by atoms with Crippen molar-refractivity contribution in [2.24, 2.45) is 4.99 Å². The first kappa shape index (κ1) is 12.6. The molecular weight excluding hydrogens is 356 g/mol. The number of hydrogen-bond donors (Lipinski definition) is 0. The summed E-state index contributed by atoms with van der Waals surface area (Å²) in [5.74, 6) is 0.434. The molecular formula is C15H11FINO. The molecule has 0 radical (unpaired) electrons. The minimum absolute atomic E-state index is 0.0494. The van der Waals surface area contributed by atoms with Crippen LogP contribution in [0.5, 0.6) is 0 Å². The molecule has 1 unspecified atom stereocenters. The van der Waals surface area contributed by atoms with Crippen LogP contribution in [-0.4, -0.2) is 12.5 Å². The second-order valence-electron chi connectivity index (χ2n) is 4.29. The molecule has 0 bridgehead atoms. The van der Waals surface area contributed by atoms with Crippen molar-refractivity contribution in [3.05, 3.63) is 69.0 Å². The van der Waals surface area contributed by atoms with Gasteiger partial charge < -0.3 is 4.74 Å². The quantitative estimate of drug-likeness (QED) is 0.737. The summed E-state index contributed by atoms with van der Waals surface area (Å²) in [5, 5.41) is 0. The summed E-state index contributed by atoms with van der Waals surface area (Å²) in [6, 6.07) is 14.3. The van der Waals surface area contributed by atoms with E-state index in [2.05, 4.69) is 27.6 Å². The standard InChI is InChI=1S/C15H11FINO/c16-11-7-5-10(6-8-11)14-9-19-15(18-14)12-3-1-2-4-13(12)17/h1-8,14H,9H2. The normalized spacial score (nSPS) is 18.0. The highest BCUT2D eigenvalue weighted by molar-refractivity contribution is 14.1. The summed E-state index contributed by atoms with van der Waals surface area (Å²) in [6.45, 7) is 0.506. The fourth-order valence-electron chi connectivity index (χ4n) is 2.01. The lowest BCUT2D eigenvalue weighted by atomic mass is 10.1. The molecule has 1 aliphatic rings. The highest BCUT2D eigenvalue weighted by atomic mass is 127. The van der Waals surface area contributed by atoms with Crippen molar-refractivity contribution in [2.45, 2.75) is 6.04 Å². The Morgan fingerprint density at radius 2 is 1.84 bits per heavy atom. The molecule has 0 saturated heterocycles. The van der Waals surface area contributed by atoms with Gasteiger partial charge in [-0.15, -0.1) is 0 Å². The largest absolute Gasteiger partial charge is 0.475 e. The van der Waals surface area contributed by atoms with E-state index in [1.165, 1.54) is 12.1 Å². The van der Waals surface area contributed by atoms with Gasteiger partial charge in [0.1, 0.15) is 18.5 Å². The third-order valence-corrected chi connectivity index (χ3v) is 3.95. The first-order valence-corrected chi connectivity index (χ1v) is 7.03. The van der Waals surface area contributed by atoms with Gasteiger partial charge in [-0.1, -0.05) is 24.3 Å². The van der Waals surface area contributed by atoms with Crippen molar-refractivity contribution in [2.75, 3.05) is 6.61 Å². The van der Waals surface area contributed by atoms with Crippen LogP contribution in [0.2, 0.25) is 0 Å². The molecule has 2 aromatic rings. The maximum absolute atomic E-state index is 12.9. The topological polar surface area (TPSA) is 21.6 Å². The Morgan fingerprint density at radius 3 is 2.58 bits per heavy atom. The van der Waals surface area contributed by atoms with E-state index >= 15 is 0 Å². The van der Waals surface area contributed by atoms with E-state index < -0.39 is 0 Å². The Hall–Kier alpha value is -1.43. The molecule has 2 nitrogen and oxygen atoms in total. The molecule has 0 aromatic heterocycles. The van der Waals surface area contributed by atoms with Gasteiger partial charge >= 0.3 is 0 Å². The average Bonchev–Trinajstić information content (AvgIpc) is 2.89. The summed E-state index contributed by atoms with van der Waals surface area (Å²) < 4.78 is 19.7. The lowest BCUT2D eigenvalue weighted by Gasteiger charge is -2.04. The second kappa shape index (κ2) is 5.28. The Bertz CT molecular complexity index is 624. The third-order valence-electron chi connectivity index (χ3n) is 3.01. The molecule has 4 heteroatoms. The molecule has 0 N–H and O–H groups in total. The fourth-order valence-corrected chi connectivity index (χ4v) is 2.63. The van der Waals surface area contributed by atoms with Gasteiger partial charge in [-0.2, -0.15) is 0 Å². The minimum atomic E-state index is -0.232. The molecule has 0 fully saturated rings. The Labute approximate surface area is 124 Å². The van der Waals surface area contributed by atoms with Crippen molar-refractivity contribution >= 4 is 28.5 Å². The lowest BCUT2D eigenvalue weighted by Crippen LogP contribution is -2.03. The SMILES string of the molecule is Fc1ccc(C2COC(c3ccccc3I)=N2)cc1. The number of rotatable bonds is 2.